The number of ketones is 1. The van der Waals surface area contributed by atoms with Crippen LogP contribution in [0.3, 0.4) is 0 Å². The van der Waals surface area contributed by atoms with Gasteiger partial charge in [0.2, 0.25) is 0 Å². The van der Waals surface area contributed by atoms with Gasteiger partial charge in [-0.05, 0) is 12.1 Å². The van der Waals surface area contributed by atoms with E-state index in [4.69, 9.17) is 0 Å². The largest absolute Gasteiger partial charge is 0.507 e. The number of para-hydroxylation sites is 1. The summed E-state index contributed by atoms with van der Waals surface area (Å²) in [6.07, 6.45) is 1.46. The molecule has 0 spiro atoms. The topological polar surface area (TPSA) is 54.4 Å². The molecular weight excluding hydrogens is 188 g/mol. The van der Waals surface area contributed by atoms with E-state index < -0.39 is 10.8 Å². The van der Waals surface area contributed by atoms with E-state index >= 15 is 0 Å². The molecule has 0 saturated heterocycles. The van der Waals surface area contributed by atoms with Gasteiger partial charge in [-0.15, -0.1) is 0 Å². The summed E-state index contributed by atoms with van der Waals surface area (Å²) in [6, 6.07) is 6.25. The van der Waals surface area contributed by atoms with Crippen LogP contribution < -0.4 is 0 Å². The fourth-order valence-corrected chi connectivity index (χ4v) is 1.50. The maximum absolute atomic E-state index is 11.3. The third kappa shape index (κ3) is 2.66. The molecule has 0 unspecified atom stereocenters. The lowest BCUT2D eigenvalue weighted by molar-refractivity contribution is 0.101. The lowest BCUT2D eigenvalue weighted by atomic mass is 10.1. The summed E-state index contributed by atoms with van der Waals surface area (Å²) >= 11 is 0. The molecule has 0 amide bonds. The first-order valence-corrected chi connectivity index (χ1v) is 5.45. The first-order valence-electron chi connectivity index (χ1n) is 3.72. The number of carbonyl (C=O) groups is 1. The van der Waals surface area contributed by atoms with Crippen LogP contribution in [0.4, 0.5) is 0 Å². The van der Waals surface area contributed by atoms with E-state index in [0.717, 1.165) is 0 Å². The van der Waals surface area contributed by atoms with Gasteiger partial charge in [0.15, 0.2) is 5.78 Å². The van der Waals surface area contributed by atoms with E-state index in [1.54, 1.807) is 12.1 Å². The average molecular weight is 198 g/mol. The number of rotatable bonds is 3. The molecule has 13 heavy (non-hydrogen) atoms. The maximum atomic E-state index is 11.3. The highest BCUT2D eigenvalue weighted by Crippen LogP contribution is 2.16. The molecule has 0 fully saturated rings. The van der Waals surface area contributed by atoms with Gasteiger partial charge in [-0.2, -0.15) is 0 Å². The second kappa shape index (κ2) is 4.18. The molecule has 0 aliphatic heterocycles. The van der Waals surface area contributed by atoms with Crippen LogP contribution in [0.25, 0.3) is 0 Å². The molecule has 1 atom stereocenters. The zero-order valence-corrected chi connectivity index (χ0v) is 8.00. The highest BCUT2D eigenvalue weighted by Gasteiger charge is 2.11. The van der Waals surface area contributed by atoms with Crippen LogP contribution in [-0.4, -0.2) is 27.1 Å². The lowest BCUT2D eigenvalue weighted by Gasteiger charge is -2.00. The van der Waals surface area contributed by atoms with E-state index in [9.17, 15) is 14.1 Å². The summed E-state index contributed by atoms with van der Waals surface area (Å²) in [7, 11) is -1.17. The van der Waals surface area contributed by atoms with Crippen molar-refractivity contribution in [3.8, 4) is 5.75 Å². The molecule has 1 N–H and O–H groups in total. The Kier molecular flexibility index (Phi) is 3.19. The van der Waals surface area contributed by atoms with Crippen molar-refractivity contribution < 1.29 is 14.1 Å². The lowest BCUT2D eigenvalue weighted by Crippen LogP contribution is -2.09. The summed E-state index contributed by atoms with van der Waals surface area (Å²) < 4.78 is 10.7. The standard InChI is InChI=1S/C9H10O3S/c1-13(12)6-9(11)7-4-2-3-5-8(7)10/h2-5,10H,6H2,1H3/t13-/m0/s1. The number of carbonyl (C=O) groups excluding carboxylic acids is 1. The minimum absolute atomic E-state index is 0.0441. The van der Waals surface area contributed by atoms with Gasteiger partial charge in [0.1, 0.15) is 5.75 Å². The predicted octanol–water partition coefficient (Wildman–Crippen LogP) is 0.953. The van der Waals surface area contributed by atoms with Crippen LogP contribution in [0.1, 0.15) is 10.4 Å². The first kappa shape index (κ1) is 9.92. The summed E-state index contributed by atoms with van der Waals surface area (Å²) in [4.78, 5) is 11.3. The Labute approximate surface area is 78.9 Å². The quantitative estimate of drug-likeness (QED) is 0.736. The Morgan fingerprint density at radius 2 is 2.08 bits per heavy atom. The fraction of sp³-hybridized carbons (Fsp3) is 0.222. The molecule has 0 aliphatic rings. The zero-order valence-electron chi connectivity index (χ0n) is 7.19. The van der Waals surface area contributed by atoms with Gasteiger partial charge in [0.25, 0.3) is 0 Å². The highest BCUT2D eigenvalue weighted by molar-refractivity contribution is 7.85. The number of Topliss-reactive ketones (excluding diaryl/α,β-unsaturated/α-hetero) is 1. The molecule has 0 aromatic heterocycles. The molecule has 0 heterocycles. The van der Waals surface area contributed by atoms with Crippen LogP contribution in [0, 0.1) is 0 Å². The molecule has 0 saturated carbocycles. The number of hydrogen-bond acceptors (Lipinski definition) is 3. The number of benzene rings is 1. The van der Waals surface area contributed by atoms with Crippen molar-refractivity contribution in [2.45, 2.75) is 0 Å². The van der Waals surface area contributed by atoms with Crippen molar-refractivity contribution in [3.05, 3.63) is 29.8 Å². The van der Waals surface area contributed by atoms with Crippen LogP contribution in [-0.2, 0) is 10.8 Å². The second-order valence-corrected chi connectivity index (χ2v) is 4.09. The average Bonchev–Trinajstić information content (AvgIpc) is 2.03. The highest BCUT2D eigenvalue weighted by atomic mass is 32.2. The Bertz CT molecular complexity index is 346. The van der Waals surface area contributed by atoms with Gasteiger partial charge < -0.3 is 5.11 Å². The minimum Gasteiger partial charge on any atom is -0.507 e. The van der Waals surface area contributed by atoms with Gasteiger partial charge in [-0.25, -0.2) is 0 Å². The molecule has 0 aliphatic carbocycles. The van der Waals surface area contributed by atoms with E-state index in [1.165, 1.54) is 18.4 Å². The van der Waals surface area contributed by atoms with Crippen molar-refractivity contribution in [3.63, 3.8) is 0 Å². The van der Waals surface area contributed by atoms with E-state index in [0.29, 0.717) is 0 Å². The van der Waals surface area contributed by atoms with Gasteiger partial charge in [-0.3, -0.25) is 9.00 Å². The fourth-order valence-electron chi connectivity index (χ4n) is 0.972. The Hall–Kier alpha value is -1.16. The molecule has 70 valence electrons. The van der Waals surface area contributed by atoms with E-state index in [2.05, 4.69) is 0 Å². The monoisotopic (exact) mass is 198 g/mol. The van der Waals surface area contributed by atoms with Crippen molar-refractivity contribution in [2.24, 2.45) is 0 Å². The molecule has 0 radical (unpaired) electrons. The van der Waals surface area contributed by atoms with Crippen molar-refractivity contribution in [2.75, 3.05) is 12.0 Å². The maximum Gasteiger partial charge on any atom is 0.179 e. The Morgan fingerprint density at radius 1 is 1.46 bits per heavy atom. The van der Waals surface area contributed by atoms with Gasteiger partial charge in [0.05, 0.1) is 11.3 Å². The summed E-state index contributed by atoms with van der Waals surface area (Å²) in [6.45, 7) is 0. The molecular formula is C9H10O3S. The molecule has 0 bridgehead atoms. The summed E-state index contributed by atoms with van der Waals surface area (Å²) in [5, 5.41) is 9.27. The number of aromatic hydroxyl groups is 1. The smallest absolute Gasteiger partial charge is 0.179 e. The van der Waals surface area contributed by atoms with Crippen LogP contribution >= 0.6 is 0 Å². The number of phenols is 1. The van der Waals surface area contributed by atoms with Gasteiger partial charge in [-0.1, -0.05) is 12.1 Å². The van der Waals surface area contributed by atoms with Crippen molar-refractivity contribution in [1.82, 2.24) is 0 Å². The zero-order chi connectivity index (χ0) is 9.84. The van der Waals surface area contributed by atoms with Crippen molar-refractivity contribution in [1.29, 1.82) is 0 Å². The molecule has 1 aromatic carbocycles. The molecule has 3 nitrogen and oxygen atoms in total. The minimum atomic E-state index is -1.17. The van der Waals surface area contributed by atoms with E-state index in [1.807, 2.05) is 0 Å². The van der Waals surface area contributed by atoms with Crippen molar-refractivity contribution >= 4 is 16.6 Å². The normalized spacial score (nSPS) is 12.4. The second-order valence-electron chi connectivity index (χ2n) is 2.66. The number of phenolic OH excluding ortho intramolecular Hbond substituents is 1. The predicted molar refractivity (Wildman–Crippen MR) is 51.4 cm³/mol. The van der Waals surface area contributed by atoms with Crippen LogP contribution in [0.15, 0.2) is 24.3 Å². The molecule has 1 aromatic rings. The Balaban J connectivity index is 2.89. The van der Waals surface area contributed by atoms with E-state index in [-0.39, 0.29) is 22.8 Å². The summed E-state index contributed by atoms with van der Waals surface area (Å²) in [5.41, 5.74) is 0.234. The molecule has 1 rings (SSSR count). The SMILES string of the molecule is C[S@](=O)CC(=O)c1ccccc1O. The number of hydrogen-bond donors (Lipinski definition) is 1. The third-order valence-corrected chi connectivity index (χ3v) is 2.21. The van der Waals surface area contributed by atoms with Gasteiger partial charge >= 0.3 is 0 Å². The molecule has 4 heteroatoms. The first-order chi connectivity index (χ1) is 6.11. The summed E-state index contributed by atoms with van der Waals surface area (Å²) in [5.74, 6) is -0.394. The van der Waals surface area contributed by atoms with Crippen LogP contribution in [0.5, 0.6) is 5.75 Å². The Morgan fingerprint density at radius 3 is 2.62 bits per heavy atom. The van der Waals surface area contributed by atoms with Crippen LogP contribution in [0.2, 0.25) is 0 Å². The van der Waals surface area contributed by atoms with Gasteiger partial charge in [0, 0.05) is 17.1 Å². The third-order valence-electron chi connectivity index (χ3n) is 1.54.